The fraction of sp³-hybridized carbons (Fsp3) is 0.182. The summed E-state index contributed by atoms with van der Waals surface area (Å²) in [6, 6.07) is 10.3. The number of alkyl halides is 2. The molecule has 146 valence electrons. The molecule has 0 saturated carbocycles. The standard InChI is InChI=1S/C22H17F5O/c1-12-4-6-15(7-5-12)16-9-19(24)21(20(25)10-16)22(26,27)28-17-8-13(2)14(3)18(23)11-17/h4-11H,1-3H3. The van der Waals surface area contributed by atoms with Crippen molar-refractivity contribution in [1.29, 1.82) is 0 Å². The molecule has 0 fully saturated rings. The molecule has 0 N–H and O–H groups in total. The molecule has 3 aromatic carbocycles. The third-order valence-corrected chi connectivity index (χ3v) is 4.54. The van der Waals surface area contributed by atoms with Crippen LogP contribution in [-0.2, 0) is 6.11 Å². The summed E-state index contributed by atoms with van der Waals surface area (Å²) in [4.78, 5) is 0. The second kappa shape index (κ2) is 7.26. The maximum absolute atomic E-state index is 14.5. The van der Waals surface area contributed by atoms with E-state index in [1.165, 1.54) is 19.9 Å². The molecule has 0 unspecified atom stereocenters. The van der Waals surface area contributed by atoms with Crippen LogP contribution in [0.3, 0.4) is 0 Å². The van der Waals surface area contributed by atoms with Gasteiger partial charge in [0.25, 0.3) is 0 Å². The third-order valence-electron chi connectivity index (χ3n) is 4.54. The zero-order valence-corrected chi connectivity index (χ0v) is 15.4. The van der Waals surface area contributed by atoms with E-state index in [1.54, 1.807) is 24.3 Å². The zero-order chi connectivity index (χ0) is 20.6. The molecule has 0 spiro atoms. The Morgan fingerprint density at radius 2 is 1.29 bits per heavy atom. The first-order chi connectivity index (χ1) is 13.1. The van der Waals surface area contributed by atoms with Crippen molar-refractivity contribution in [2.24, 2.45) is 0 Å². The van der Waals surface area contributed by atoms with Gasteiger partial charge in [-0.3, -0.25) is 0 Å². The average molecular weight is 392 g/mol. The van der Waals surface area contributed by atoms with Gasteiger partial charge in [-0.15, -0.1) is 0 Å². The maximum atomic E-state index is 14.5. The number of ether oxygens (including phenoxy) is 1. The van der Waals surface area contributed by atoms with Gasteiger partial charge in [0.15, 0.2) is 0 Å². The van der Waals surface area contributed by atoms with Crippen molar-refractivity contribution in [3.63, 3.8) is 0 Å². The summed E-state index contributed by atoms with van der Waals surface area (Å²) < 4.78 is 76.1. The topological polar surface area (TPSA) is 9.23 Å². The summed E-state index contributed by atoms with van der Waals surface area (Å²) in [5.41, 5.74) is 0.669. The Labute approximate surface area is 159 Å². The highest BCUT2D eigenvalue weighted by Crippen LogP contribution is 2.37. The predicted molar refractivity (Wildman–Crippen MR) is 96.9 cm³/mol. The molecule has 0 bridgehead atoms. The van der Waals surface area contributed by atoms with Crippen LogP contribution in [0.5, 0.6) is 5.75 Å². The van der Waals surface area contributed by atoms with Gasteiger partial charge >= 0.3 is 6.11 Å². The monoisotopic (exact) mass is 392 g/mol. The van der Waals surface area contributed by atoms with E-state index in [0.29, 0.717) is 11.1 Å². The minimum atomic E-state index is -4.33. The van der Waals surface area contributed by atoms with Crippen LogP contribution < -0.4 is 4.74 Å². The van der Waals surface area contributed by atoms with Gasteiger partial charge in [-0.25, -0.2) is 13.2 Å². The highest BCUT2D eigenvalue weighted by molar-refractivity contribution is 5.64. The number of rotatable bonds is 4. The van der Waals surface area contributed by atoms with E-state index in [9.17, 15) is 22.0 Å². The summed E-state index contributed by atoms with van der Waals surface area (Å²) in [5, 5.41) is 0. The van der Waals surface area contributed by atoms with Crippen LogP contribution in [0.1, 0.15) is 22.3 Å². The molecule has 0 aromatic heterocycles. The number of halogens is 5. The molecule has 0 aliphatic heterocycles. The Bertz CT molecular complexity index is 980. The molecule has 0 radical (unpaired) electrons. The van der Waals surface area contributed by atoms with Gasteiger partial charge in [-0.1, -0.05) is 29.8 Å². The largest absolute Gasteiger partial charge is 0.432 e. The van der Waals surface area contributed by atoms with Gasteiger partial charge in [0, 0.05) is 6.07 Å². The van der Waals surface area contributed by atoms with Crippen LogP contribution in [0, 0.1) is 38.2 Å². The molecular weight excluding hydrogens is 375 g/mol. The quantitative estimate of drug-likeness (QED) is 0.443. The van der Waals surface area contributed by atoms with Gasteiger partial charge in [-0.05, 0) is 61.2 Å². The number of aryl methyl sites for hydroxylation is 2. The summed E-state index contributed by atoms with van der Waals surface area (Å²) in [6.45, 7) is 4.85. The molecule has 0 saturated heterocycles. The molecule has 0 heterocycles. The molecule has 0 amide bonds. The smallest absolute Gasteiger partial charge is 0.429 e. The average Bonchev–Trinajstić information content (AvgIpc) is 2.59. The van der Waals surface area contributed by atoms with E-state index in [4.69, 9.17) is 0 Å². The van der Waals surface area contributed by atoms with Crippen molar-refractivity contribution >= 4 is 0 Å². The van der Waals surface area contributed by atoms with Gasteiger partial charge < -0.3 is 4.74 Å². The minimum Gasteiger partial charge on any atom is -0.429 e. The predicted octanol–water partition coefficient (Wildman–Crippen LogP) is 6.82. The lowest BCUT2D eigenvalue weighted by molar-refractivity contribution is -0.189. The first kappa shape index (κ1) is 19.9. The molecule has 28 heavy (non-hydrogen) atoms. The summed E-state index contributed by atoms with van der Waals surface area (Å²) in [5.74, 6) is -4.18. The normalized spacial score (nSPS) is 11.6. The van der Waals surface area contributed by atoms with Crippen molar-refractivity contribution < 1.29 is 26.7 Å². The molecule has 0 atom stereocenters. The van der Waals surface area contributed by atoms with Crippen LogP contribution in [0.4, 0.5) is 22.0 Å². The van der Waals surface area contributed by atoms with E-state index >= 15 is 0 Å². The second-order valence-electron chi connectivity index (χ2n) is 6.65. The molecule has 0 aliphatic rings. The van der Waals surface area contributed by atoms with Crippen LogP contribution in [0.2, 0.25) is 0 Å². The summed E-state index contributed by atoms with van der Waals surface area (Å²) in [6.07, 6.45) is -4.33. The highest BCUT2D eigenvalue weighted by atomic mass is 19.3. The fourth-order valence-electron chi connectivity index (χ4n) is 2.81. The second-order valence-corrected chi connectivity index (χ2v) is 6.65. The van der Waals surface area contributed by atoms with Gasteiger partial charge in [-0.2, -0.15) is 8.78 Å². The number of benzene rings is 3. The van der Waals surface area contributed by atoms with E-state index < -0.39 is 34.9 Å². The lowest BCUT2D eigenvalue weighted by Gasteiger charge is -2.20. The highest BCUT2D eigenvalue weighted by Gasteiger charge is 2.41. The lowest BCUT2D eigenvalue weighted by Crippen LogP contribution is -2.25. The van der Waals surface area contributed by atoms with E-state index in [0.717, 1.165) is 23.8 Å². The van der Waals surface area contributed by atoms with Gasteiger partial charge in [0.1, 0.15) is 28.8 Å². The first-order valence-corrected chi connectivity index (χ1v) is 8.48. The van der Waals surface area contributed by atoms with Gasteiger partial charge in [0.2, 0.25) is 0 Å². The molecule has 0 aliphatic carbocycles. The van der Waals surface area contributed by atoms with E-state index in [2.05, 4.69) is 4.74 Å². The summed E-state index contributed by atoms with van der Waals surface area (Å²) >= 11 is 0. The van der Waals surface area contributed by atoms with Crippen LogP contribution in [-0.4, -0.2) is 0 Å². The summed E-state index contributed by atoms with van der Waals surface area (Å²) in [7, 11) is 0. The number of hydrogen-bond donors (Lipinski definition) is 0. The Hall–Kier alpha value is -2.89. The first-order valence-electron chi connectivity index (χ1n) is 8.48. The van der Waals surface area contributed by atoms with Crippen molar-refractivity contribution in [3.05, 3.63) is 88.2 Å². The Balaban J connectivity index is 1.99. The molecule has 3 aromatic rings. The Morgan fingerprint density at radius 1 is 0.714 bits per heavy atom. The van der Waals surface area contributed by atoms with Gasteiger partial charge in [0.05, 0.1) is 0 Å². The Morgan fingerprint density at radius 3 is 1.82 bits per heavy atom. The minimum absolute atomic E-state index is 0.117. The zero-order valence-electron chi connectivity index (χ0n) is 15.4. The lowest BCUT2D eigenvalue weighted by atomic mass is 10.0. The van der Waals surface area contributed by atoms with Crippen molar-refractivity contribution in [2.75, 3.05) is 0 Å². The SMILES string of the molecule is Cc1ccc(-c2cc(F)c(C(F)(F)Oc3cc(C)c(C)c(F)c3)c(F)c2)cc1. The van der Waals surface area contributed by atoms with Crippen molar-refractivity contribution in [3.8, 4) is 16.9 Å². The fourth-order valence-corrected chi connectivity index (χ4v) is 2.81. The Kier molecular flexibility index (Phi) is 5.15. The number of hydrogen-bond acceptors (Lipinski definition) is 1. The van der Waals surface area contributed by atoms with Crippen molar-refractivity contribution in [2.45, 2.75) is 26.9 Å². The molecular formula is C22H17F5O. The third kappa shape index (κ3) is 3.86. The molecule has 3 rings (SSSR count). The molecule has 1 nitrogen and oxygen atoms in total. The maximum Gasteiger partial charge on any atom is 0.432 e. The van der Waals surface area contributed by atoms with E-state index in [-0.39, 0.29) is 11.1 Å². The van der Waals surface area contributed by atoms with Crippen molar-refractivity contribution in [1.82, 2.24) is 0 Å². The van der Waals surface area contributed by atoms with Crippen LogP contribution >= 0.6 is 0 Å². The molecule has 6 heteroatoms. The van der Waals surface area contributed by atoms with Crippen LogP contribution in [0.15, 0.2) is 48.5 Å². The van der Waals surface area contributed by atoms with Crippen LogP contribution in [0.25, 0.3) is 11.1 Å². The van der Waals surface area contributed by atoms with E-state index in [1.807, 2.05) is 6.92 Å².